The number of nitrogens with zero attached hydrogens (tertiary/aromatic N) is 4. The molecule has 1 fully saturated rings. The molecule has 2 amide bonds. The van der Waals surface area contributed by atoms with E-state index in [-0.39, 0.29) is 17.7 Å². The molecule has 1 aromatic carbocycles. The minimum absolute atomic E-state index is 0.0000866. The van der Waals surface area contributed by atoms with Gasteiger partial charge in [-0.3, -0.25) is 9.59 Å². The smallest absolute Gasteiger partial charge is 0.253 e. The molecule has 0 spiro atoms. The van der Waals surface area contributed by atoms with Gasteiger partial charge in [-0.05, 0) is 32.4 Å². The summed E-state index contributed by atoms with van der Waals surface area (Å²) in [7, 11) is 0. The van der Waals surface area contributed by atoms with Gasteiger partial charge in [0, 0.05) is 38.2 Å². The number of fused-ring (bicyclic) bond motifs is 1. The fraction of sp³-hybridized carbons (Fsp3) is 0.524. The quantitative estimate of drug-likeness (QED) is 0.839. The third-order valence-electron chi connectivity index (χ3n) is 5.58. The van der Waals surface area contributed by atoms with Crippen LogP contribution in [0.5, 0.6) is 0 Å². The molecule has 0 saturated carbocycles. The van der Waals surface area contributed by atoms with E-state index < -0.39 is 0 Å². The van der Waals surface area contributed by atoms with Crippen LogP contribution in [0.2, 0.25) is 0 Å². The molecule has 8 heteroatoms. The molecule has 154 valence electrons. The Kier molecular flexibility index (Phi) is 5.62. The van der Waals surface area contributed by atoms with Crippen molar-refractivity contribution in [3.05, 3.63) is 46.5 Å². The molecule has 0 bridgehead atoms. The highest BCUT2D eigenvalue weighted by molar-refractivity contribution is 5.94. The number of ether oxygens (including phenoxy) is 1. The molecule has 1 atom stereocenters. The zero-order chi connectivity index (χ0) is 20.4. The number of hydrogen-bond acceptors (Lipinski definition) is 5. The van der Waals surface area contributed by atoms with Gasteiger partial charge >= 0.3 is 0 Å². The Morgan fingerprint density at radius 2 is 1.93 bits per heavy atom. The third-order valence-corrected chi connectivity index (χ3v) is 5.58. The lowest BCUT2D eigenvalue weighted by Gasteiger charge is -2.20. The zero-order valence-electron chi connectivity index (χ0n) is 17.0. The summed E-state index contributed by atoms with van der Waals surface area (Å²) in [6.07, 6.45) is 1.41. The van der Waals surface area contributed by atoms with Crippen molar-refractivity contribution in [1.29, 1.82) is 0 Å². The number of nitrogens with one attached hydrogen (secondary N) is 1. The van der Waals surface area contributed by atoms with Crippen LogP contribution in [0.1, 0.15) is 39.6 Å². The molecule has 0 aliphatic carbocycles. The molecule has 3 heterocycles. The highest BCUT2D eigenvalue weighted by atomic mass is 16.5. The largest absolute Gasteiger partial charge is 0.381 e. The van der Waals surface area contributed by atoms with Crippen LogP contribution in [0.15, 0.2) is 18.2 Å². The molecule has 2 aromatic rings. The van der Waals surface area contributed by atoms with E-state index >= 15 is 0 Å². The maximum atomic E-state index is 13.0. The number of rotatable bonds is 4. The second-order valence-corrected chi connectivity index (χ2v) is 7.88. The van der Waals surface area contributed by atoms with E-state index in [1.165, 1.54) is 0 Å². The van der Waals surface area contributed by atoms with Crippen LogP contribution in [-0.4, -0.2) is 57.8 Å². The lowest BCUT2D eigenvalue weighted by atomic mass is 10.1. The van der Waals surface area contributed by atoms with Gasteiger partial charge in [0.15, 0.2) is 5.82 Å². The summed E-state index contributed by atoms with van der Waals surface area (Å²) in [6.45, 7) is 7.30. The normalized spacial score (nSPS) is 19.0. The van der Waals surface area contributed by atoms with Gasteiger partial charge in [-0.15, -0.1) is 10.2 Å². The minimum Gasteiger partial charge on any atom is -0.381 e. The number of benzene rings is 1. The molecule has 2 aliphatic heterocycles. The lowest BCUT2D eigenvalue weighted by Crippen LogP contribution is -2.34. The van der Waals surface area contributed by atoms with Crippen LogP contribution in [0.25, 0.3) is 0 Å². The SMILES string of the molecule is Cc1cc(C)cc(C(=O)N2CCc3nnc(CNC(=O)[C@H]4CCOC4)n3CC2)c1. The Balaban J connectivity index is 1.40. The number of aryl methyl sites for hydroxylation is 2. The Morgan fingerprint density at radius 3 is 2.66 bits per heavy atom. The summed E-state index contributed by atoms with van der Waals surface area (Å²) in [4.78, 5) is 27.1. The van der Waals surface area contributed by atoms with Crippen LogP contribution >= 0.6 is 0 Å². The second-order valence-electron chi connectivity index (χ2n) is 7.88. The zero-order valence-corrected chi connectivity index (χ0v) is 17.0. The predicted octanol–water partition coefficient (Wildman–Crippen LogP) is 1.25. The summed E-state index contributed by atoms with van der Waals surface area (Å²) < 4.78 is 7.30. The first-order valence-electron chi connectivity index (χ1n) is 10.2. The minimum atomic E-state index is -0.0765. The molecule has 0 unspecified atom stereocenters. The van der Waals surface area contributed by atoms with Gasteiger partial charge in [-0.1, -0.05) is 17.2 Å². The topological polar surface area (TPSA) is 89.3 Å². The van der Waals surface area contributed by atoms with Gasteiger partial charge in [0.25, 0.3) is 5.91 Å². The van der Waals surface area contributed by atoms with E-state index in [1.54, 1.807) is 0 Å². The maximum Gasteiger partial charge on any atom is 0.253 e. The monoisotopic (exact) mass is 397 g/mol. The number of carbonyl (C=O) groups is 2. The highest BCUT2D eigenvalue weighted by Gasteiger charge is 2.25. The van der Waals surface area contributed by atoms with Crippen molar-refractivity contribution in [3.63, 3.8) is 0 Å². The Hall–Kier alpha value is -2.74. The Bertz CT molecular complexity index is 897. The molecule has 0 radical (unpaired) electrons. The molecule has 1 saturated heterocycles. The van der Waals surface area contributed by atoms with Crippen molar-refractivity contribution < 1.29 is 14.3 Å². The van der Waals surface area contributed by atoms with Crippen LogP contribution in [-0.2, 0) is 29.0 Å². The Labute approximate surface area is 170 Å². The summed E-state index contributed by atoms with van der Waals surface area (Å²) in [6, 6.07) is 5.95. The Morgan fingerprint density at radius 1 is 1.14 bits per heavy atom. The molecule has 1 aromatic heterocycles. The molecule has 29 heavy (non-hydrogen) atoms. The molecule has 2 aliphatic rings. The van der Waals surface area contributed by atoms with Gasteiger partial charge in [0.1, 0.15) is 5.82 Å². The van der Waals surface area contributed by atoms with E-state index in [4.69, 9.17) is 4.74 Å². The number of aromatic nitrogens is 3. The van der Waals surface area contributed by atoms with Crippen LogP contribution in [0, 0.1) is 19.8 Å². The van der Waals surface area contributed by atoms with Gasteiger partial charge in [0.2, 0.25) is 5.91 Å². The molecular formula is C21H27N5O3. The first kappa shape index (κ1) is 19.6. The maximum absolute atomic E-state index is 13.0. The van der Waals surface area contributed by atoms with Gasteiger partial charge < -0.3 is 19.5 Å². The van der Waals surface area contributed by atoms with Crippen LogP contribution in [0.3, 0.4) is 0 Å². The average molecular weight is 397 g/mol. The van der Waals surface area contributed by atoms with Crippen LogP contribution < -0.4 is 5.32 Å². The number of hydrogen-bond donors (Lipinski definition) is 1. The first-order valence-corrected chi connectivity index (χ1v) is 10.2. The predicted molar refractivity (Wildman–Crippen MR) is 106 cm³/mol. The highest BCUT2D eigenvalue weighted by Crippen LogP contribution is 2.16. The number of amides is 2. The summed E-state index contributed by atoms with van der Waals surface area (Å²) in [5, 5.41) is 11.5. The summed E-state index contributed by atoms with van der Waals surface area (Å²) in [5.74, 6) is 1.56. The van der Waals surface area contributed by atoms with Crippen molar-refractivity contribution in [2.45, 2.75) is 39.8 Å². The van der Waals surface area contributed by atoms with Crippen molar-refractivity contribution in [2.75, 3.05) is 26.3 Å². The number of carbonyl (C=O) groups excluding carboxylic acids is 2. The van der Waals surface area contributed by atoms with Crippen molar-refractivity contribution in [3.8, 4) is 0 Å². The van der Waals surface area contributed by atoms with Gasteiger partial charge in [0.05, 0.1) is 19.1 Å². The van der Waals surface area contributed by atoms with Gasteiger partial charge in [-0.25, -0.2) is 0 Å². The van der Waals surface area contributed by atoms with Crippen molar-refractivity contribution in [1.82, 2.24) is 25.0 Å². The fourth-order valence-corrected chi connectivity index (χ4v) is 4.05. The van der Waals surface area contributed by atoms with Crippen molar-refractivity contribution >= 4 is 11.8 Å². The molecule has 1 N–H and O–H groups in total. The van der Waals surface area contributed by atoms with Crippen molar-refractivity contribution in [2.24, 2.45) is 5.92 Å². The van der Waals surface area contributed by atoms with E-state index in [0.29, 0.717) is 45.8 Å². The van der Waals surface area contributed by atoms with E-state index in [0.717, 1.165) is 34.8 Å². The van der Waals surface area contributed by atoms with Gasteiger partial charge in [-0.2, -0.15) is 0 Å². The summed E-state index contributed by atoms with van der Waals surface area (Å²) >= 11 is 0. The fourth-order valence-electron chi connectivity index (χ4n) is 4.05. The average Bonchev–Trinajstić information content (AvgIpc) is 3.31. The van der Waals surface area contributed by atoms with E-state index in [9.17, 15) is 9.59 Å². The van der Waals surface area contributed by atoms with E-state index in [1.807, 2.05) is 35.4 Å². The molecular weight excluding hydrogens is 370 g/mol. The molecule has 8 nitrogen and oxygen atoms in total. The summed E-state index contributed by atoms with van der Waals surface area (Å²) in [5.41, 5.74) is 2.91. The standard InChI is InChI=1S/C21H27N5O3/c1-14-9-15(2)11-17(10-14)21(28)25-5-3-18-23-24-19(26(18)7-6-25)12-22-20(27)16-4-8-29-13-16/h9-11,16H,3-8,12-13H2,1-2H3,(H,22,27)/t16-/m0/s1. The molecule has 4 rings (SSSR count). The third kappa shape index (κ3) is 4.32. The first-order chi connectivity index (χ1) is 14.0. The van der Waals surface area contributed by atoms with Crippen LogP contribution in [0.4, 0.5) is 0 Å². The lowest BCUT2D eigenvalue weighted by molar-refractivity contribution is -0.125. The van der Waals surface area contributed by atoms with E-state index in [2.05, 4.69) is 21.6 Å². The second kappa shape index (κ2) is 8.32.